The second-order valence-electron chi connectivity index (χ2n) is 5.07. The number of aryl methyl sites for hydroxylation is 1. The van der Waals surface area contributed by atoms with E-state index in [4.69, 9.17) is 0 Å². The maximum absolute atomic E-state index is 12.0. The molecule has 18 heavy (non-hydrogen) atoms. The molecule has 0 heterocycles. The van der Waals surface area contributed by atoms with E-state index >= 15 is 0 Å². The van der Waals surface area contributed by atoms with Gasteiger partial charge in [0.15, 0.2) is 0 Å². The Morgan fingerprint density at radius 2 is 2.17 bits per heavy atom. The largest absolute Gasteiger partial charge is 0.385 e. The molecule has 98 valence electrons. The summed E-state index contributed by atoms with van der Waals surface area (Å²) in [5, 5.41) is 6.30. The molecule has 0 radical (unpaired) electrons. The van der Waals surface area contributed by atoms with E-state index in [9.17, 15) is 4.79 Å². The first-order valence-electron chi connectivity index (χ1n) is 6.83. The quantitative estimate of drug-likeness (QED) is 0.838. The van der Waals surface area contributed by atoms with Crippen LogP contribution in [-0.4, -0.2) is 19.0 Å². The van der Waals surface area contributed by atoms with Crippen molar-refractivity contribution < 1.29 is 4.79 Å². The SMILES string of the molecule is CCNc1ccc(C(=O)NCC2CCC2)cc1C. The van der Waals surface area contributed by atoms with Crippen LogP contribution in [-0.2, 0) is 0 Å². The molecule has 1 aliphatic rings. The fraction of sp³-hybridized carbons (Fsp3) is 0.533. The Kier molecular flexibility index (Phi) is 4.24. The second-order valence-corrected chi connectivity index (χ2v) is 5.07. The highest BCUT2D eigenvalue weighted by atomic mass is 16.1. The number of nitrogens with one attached hydrogen (secondary N) is 2. The lowest BCUT2D eigenvalue weighted by molar-refractivity contribution is 0.0939. The van der Waals surface area contributed by atoms with E-state index in [1.165, 1.54) is 19.3 Å². The van der Waals surface area contributed by atoms with Crippen molar-refractivity contribution in [2.45, 2.75) is 33.1 Å². The van der Waals surface area contributed by atoms with Crippen molar-refractivity contribution in [3.05, 3.63) is 29.3 Å². The Morgan fingerprint density at radius 3 is 2.72 bits per heavy atom. The first kappa shape index (κ1) is 12.9. The number of carbonyl (C=O) groups excluding carboxylic acids is 1. The first-order chi connectivity index (χ1) is 8.70. The summed E-state index contributed by atoms with van der Waals surface area (Å²) in [6.45, 7) is 5.82. The van der Waals surface area contributed by atoms with Crippen LogP contribution >= 0.6 is 0 Å². The lowest BCUT2D eigenvalue weighted by atomic mass is 9.85. The zero-order valence-electron chi connectivity index (χ0n) is 11.3. The molecule has 1 aromatic carbocycles. The summed E-state index contributed by atoms with van der Waals surface area (Å²) < 4.78 is 0. The molecule has 0 bridgehead atoms. The Labute approximate surface area is 109 Å². The van der Waals surface area contributed by atoms with E-state index in [1.54, 1.807) is 0 Å². The van der Waals surface area contributed by atoms with Gasteiger partial charge in [-0.2, -0.15) is 0 Å². The van der Waals surface area contributed by atoms with Crippen LogP contribution in [0, 0.1) is 12.8 Å². The number of benzene rings is 1. The molecule has 1 aromatic rings. The maximum Gasteiger partial charge on any atom is 0.251 e. The van der Waals surface area contributed by atoms with Gasteiger partial charge in [0.25, 0.3) is 5.91 Å². The van der Waals surface area contributed by atoms with E-state index < -0.39 is 0 Å². The highest BCUT2D eigenvalue weighted by Crippen LogP contribution is 2.25. The number of anilines is 1. The molecular formula is C15H22N2O. The van der Waals surface area contributed by atoms with Crippen LogP contribution in [0.3, 0.4) is 0 Å². The minimum absolute atomic E-state index is 0.0491. The van der Waals surface area contributed by atoms with Crippen LogP contribution in [0.2, 0.25) is 0 Å². The van der Waals surface area contributed by atoms with Crippen LogP contribution in [0.15, 0.2) is 18.2 Å². The number of hydrogen-bond donors (Lipinski definition) is 2. The summed E-state index contributed by atoms with van der Waals surface area (Å²) in [6.07, 6.45) is 3.84. The average molecular weight is 246 g/mol. The van der Waals surface area contributed by atoms with Crippen LogP contribution in [0.5, 0.6) is 0 Å². The van der Waals surface area contributed by atoms with Crippen molar-refractivity contribution >= 4 is 11.6 Å². The third-order valence-corrected chi connectivity index (χ3v) is 3.63. The lowest BCUT2D eigenvalue weighted by Gasteiger charge is -2.25. The van der Waals surface area contributed by atoms with E-state index in [0.717, 1.165) is 29.9 Å². The second kappa shape index (κ2) is 5.89. The topological polar surface area (TPSA) is 41.1 Å². The van der Waals surface area contributed by atoms with Crippen LogP contribution < -0.4 is 10.6 Å². The lowest BCUT2D eigenvalue weighted by Crippen LogP contribution is -2.32. The molecule has 3 heteroatoms. The molecule has 1 aliphatic carbocycles. The van der Waals surface area contributed by atoms with Crippen LogP contribution in [0.4, 0.5) is 5.69 Å². The minimum atomic E-state index is 0.0491. The number of amides is 1. The van der Waals surface area contributed by atoms with Gasteiger partial charge in [0.05, 0.1) is 0 Å². The summed E-state index contributed by atoms with van der Waals surface area (Å²) in [4.78, 5) is 12.0. The van der Waals surface area contributed by atoms with Crippen molar-refractivity contribution in [1.82, 2.24) is 5.32 Å². The summed E-state index contributed by atoms with van der Waals surface area (Å²) in [7, 11) is 0. The number of hydrogen-bond acceptors (Lipinski definition) is 2. The van der Waals surface area contributed by atoms with Gasteiger partial charge in [-0.25, -0.2) is 0 Å². The van der Waals surface area contributed by atoms with E-state index in [0.29, 0.717) is 5.92 Å². The van der Waals surface area contributed by atoms with Crippen molar-refractivity contribution in [3.8, 4) is 0 Å². The molecule has 0 aliphatic heterocycles. The molecule has 3 nitrogen and oxygen atoms in total. The van der Waals surface area contributed by atoms with Crippen LogP contribution in [0.1, 0.15) is 42.1 Å². The molecule has 0 aromatic heterocycles. The molecule has 1 amide bonds. The molecule has 0 unspecified atom stereocenters. The van der Waals surface area contributed by atoms with Crippen molar-refractivity contribution in [3.63, 3.8) is 0 Å². The Hall–Kier alpha value is -1.51. The van der Waals surface area contributed by atoms with Crippen molar-refractivity contribution in [1.29, 1.82) is 0 Å². The Morgan fingerprint density at radius 1 is 1.39 bits per heavy atom. The highest BCUT2D eigenvalue weighted by Gasteiger charge is 2.18. The van der Waals surface area contributed by atoms with E-state index in [-0.39, 0.29) is 5.91 Å². The highest BCUT2D eigenvalue weighted by molar-refractivity contribution is 5.94. The third-order valence-electron chi connectivity index (χ3n) is 3.63. The fourth-order valence-corrected chi connectivity index (χ4v) is 2.23. The van der Waals surface area contributed by atoms with Crippen molar-refractivity contribution in [2.24, 2.45) is 5.92 Å². The smallest absolute Gasteiger partial charge is 0.251 e. The fourth-order valence-electron chi connectivity index (χ4n) is 2.23. The monoisotopic (exact) mass is 246 g/mol. The van der Waals surface area contributed by atoms with Gasteiger partial charge in [-0.3, -0.25) is 4.79 Å². The Balaban J connectivity index is 1.94. The maximum atomic E-state index is 12.0. The van der Waals surface area contributed by atoms with Gasteiger partial charge in [-0.1, -0.05) is 6.42 Å². The van der Waals surface area contributed by atoms with Gasteiger partial charge in [-0.05, 0) is 56.4 Å². The van der Waals surface area contributed by atoms with Crippen molar-refractivity contribution in [2.75, 3.05) is 18.4 Å². The average Bonchev–Trinajstić information content (AvgIpc) is 2.30. The molecule has 1 saturated carbocycles. The summed E-state index contributed by atoms with van der Waals surface area (Å²) in [6, 6.07) is 5.83. The molecule has 2 N–H and O–H groups in total. The zero-order valence-corrected chi connectivity index (χ0v) is 11.3. The Bertz CT molecular complexity index is 425. The summed E-state index contributed by atoms with van der Waals surface area (Å²) >= 11 is 0. The van der Waals surface area contributed by atoms with Gasteiger partial charge in [-0.15, -0.1) is 0 Å². The van der Waals surface area contributed by atoms with Gasteiger partial charge >= 0.3 is 0 Å². The predicted octanol–water partition coefficient (Wildman–Crippen LogP) is 2.96. The normalized spacial score (nSPS) is 15.0. The third kappa shape index (κ3) is 3.03. The molecule has 0 spiro atoms. The predicted molar refractivity (Wildman–Crippen MR) is 75.0 cm³/mol. The molecule has 0 saturated heterocycles. The van der Waals surface area contributed by atoms with Gasteiger partial charge in [0, 0.05) is 24.3 Å². The van der Waals surface area contributed by atoms with Gasteiger partial charge in [0.1, 0.15) is 0 Å². The zero-order chi connectivity index (χ0) is 13.0. The first-order valence-corrected chi connectivity index (χ1v) is 6.83. The minimum Gasteiger partial charge on any atom is -0.385 e. The standard InChI is InChI=1S/C15H22N2O/c1-3-16-14-8-7-13(9-11(14)2)15(18)17-10-12-5-4-6-12/h7-9,12,16H,3-6,10H2,1-2H3,(H,17,18). The van der Waals surface area contributed by atoms with E-state index in [1.807, 2.05) is 25.1 Å². The van der Waals surface area contributed by atoms with Gasteiger partial charge < -0.3 is 10.6 Å². The van der Waals surface area contributed by atoms with E-state index in [2.05, 4.69) is 17.6 Å². The number of rotatable bonds is 5. The number of carbonyl (C=O) groups is 1. The summed E-state index contributed by atoms with van der Waals surface area (Å²) in [5.74, 6) is 0.754. The van der Waals surface area contributed by atoms with Crippen LogP contribution in [0.25, 0.3) is 0 Å². The van der Waals surface area contributed by atoms with Gasteiger partial charge in [0.2, 0.25) is 0 Å². The summed E-state index contributed by atoms with van der Waals surface area (Å²) in [5.41, 5.74) is 2.98. The molecule has 2 rings (SSSR count). The molecular weight excluding hydrogens is 224 g/mol. The molecule has 0 atom stereocenters. The molecule has 1 fully saturated rings.